The van der Waals surface area contributed by atoms with Crippen LogP contribution in [0.5, 0.6) is 0 Å². The van der Waals surface area contributed by atoms with Crippen molar-refractivity contribution in [1.82, 2.24) is 0 Å². The number of hydrogen-bond donors (Lipinski definition) is 0. The number of nitrogens with zero attached hydrogens (tertiary/aromatic N) is 1. The second-order valence-corrected chi connectivity index (χ2v) is 3.74. The lowest BCUT2D eigenvalue weighted by molar-refractivity contribution is 0.723. The first kappa shape index (κ1) is 8.31. The van der Waals surface area contributed by atoms with Crippen LogP contribution in [0.25, 0.3) is 4.85 Å². The fraction of sp³-hybridized carbons (Fsp3) is 0.417. The van der Waals surface area contributed by atoms with Gasteiger partial charge < -0.3 is 4.85 Å². The first-order chi connectivity index (χ1) is 6.32. The minimum absolute atomic E-state index is 0.0542. The van der Waals surface area contributed by atoms with E-state index in [0.717, 1.165) is 12.8 Å². The summed E-state index contributed by atoms with van der Waals surface area (Å²) in [5.74, 6) is 0.496. The third kappa shape index (κ3) is 1.23. The second-order valence-electron chi connectivity index (χ2n) is 3.74. The zero-order chi connectivity index (χ0) is 9.31. The molecule has 1 saturated carbocycles. The van der Waals surface area contributed by atoms with Crippen molar-refractivity contribution in [3.05, 3.63) is 47.3 Å². The normalized spacial score (nSPS) is 30.9. The minimum Gasteiger partial charge on any atom is -0.310 e. The lowest BCUT2D eigenvalue weighted by Gasteiger charge is -2.00. The van der Waals surface area contributed by atoms with E-state index in [1.54, 1.807) is 0 Å². The van der Waals surface area contributed by atoms with Gasteiger partial charge in [-0.15, -0.1) is 0 Å². The van der Waals surface area contributed by atoms with E-state index in [1.165, 1.54) is 5.56 Å². The number of benzene rings is 1. The van der Waals surface area contributed by atoms with Gasteiger partial charge >= 0.3 is 0 Å². The summed E-state index contributed by atoms with van der Waals surface area (Å²) in [4.78, 5) is 3.76. The van der Waals surface area contributed by atoms with E-state index < -0.39 is 0 Å². The van der Waals surface area contributed by atoms with Gasteiger partial charge in [0.25, 0.3) is 0 Å². The molecule has 0 aromatic heterocycles. The molecule has 0 unspecified atom stereocenters. The molecule has 0 amide bonds. The van der Waals surface area contributed by atoms with Gasteiger partial charge in [0.05, 0.1) is 5.92 Å². The third-order valence-electron chi connectivity index (χ3n) is 3.08. The summed E-state index contributed by atoms with van der Waals surface area (Å²) in [6, 6.07) is 10.4. The molecule has 1 aliphatic carbocycles. The maximum atomic E-state index is 7.17. The highest BCUT2D eigenvalue weighted by Crippen LogP contribution is 2.56. The predicted molar refractivity (Wildman–Crippen MR) is 53.4 cm³/mol. The van der Waals surface area contributed by atoms with E-state index in [-0.39, 0.29) is 5.54 Å². The highest BCUT2D eigenvalue weighted by Gasteiger charge is 2.61. The molecule has 0 heterocycles. The quantitative estimate of drug-likeness (QED) is 0.602. The first-order valence-corrected chi connectivity index (χ1v) is 4.76. The maximum absolute atomic E-state index is 7.17. The molecule has 0 spiro atoms. The Balaban J connectivity index is 2.21. The van der Waals surface area contributed by atoms with Crippen LogP contribution < -0.4 is 0 Å². The first-order valence-electron chi connectivity index (χ1n) is 4.76. The summed E-state index contributed by atoms with van der Waals surface area (Å²) in [7, 11) is 0. The second kappa shape index (κ2) is 2.88. The van der Waals surface area contributed by atoms with E-state index in [1.807, 2.05) is 6.07 Å². The smallest absolute Gasteiger partial charge is 0.240 e. The third-order valence-corrected chi connectivity index (χ3v) is 3.08. The van der Waals surface area contributed by atoms with E-state index in [2.05, 4.69) is 36.0 Å². The van der Waals surface area contributed by atoms with Crippen LogP contribution in [-0.2, 0) is 0 Å². The molecule has 1 aromatic carbocycles. The molecule has 0 aliphatic heterocycles. The average Bonchev–Trinajstić information content (AvgIpc) is 2.95. The van der Waals surface area contributed by atoms with Crippen LogP contribution in [-0.4, -0.2) is 5.54 Å². The zero-order valence-corrected chi connectivity index (χ0v) is 7.83. The Morgan fingerprint density at radius 1 is 1.46 bits per heavy atom. The molecule has 1 aliphatic rings. The SMILES string of the molecule is [C-]#[N+][C@@]1(CC)C[C@H]1c1ccccc1. The van der Waals surface area contributed by atoms with Crippen molar-refractivity contribution >= 4 is 0 Å². The van der Waals surface area contributed by atoms with Crippen molar-refractivity contribution in [2.45, 2.75) is 31.2 Å². The fourth-order valence-corrected chi connectivity index (χ4v) is 2.00. The summed E-state index contributed by atoms with van der Waals surface area (Å²) in [6.45, 7) is 9.28. The van der Waals surface area contributed by atoms with E-state index in [0.29, 0.717) is 5.92 Å². The van der Waals surface area contributed by atoms with E-state index >= 15 is 0 Å². The van der Waals surface area contributed by atoms with Crippen molar-refractivity contribution in [2.24, 2.45) is 0 Å². The average molecular weight is 171 g/mol. The van der Waals surface area contributed by atoms with Crippen LogP contribution in [0.1, 0.15) is 31.2 Å². The van der Waals surface area contributed by atoms with Crippen molar-refractivity contribution in [2.75, 3.05) is 0 Å². The summed E-state index contributed by atoms with van der Waals surface area (Å²) < 4.78 is 0. The summed E-state index contributed by atoms with van der Waals surface area (Å²) in [5, 5.41) is 0. The van der Waals surface area contributed by atoms with Gasteiger partial charge in [0.15, 0.2) is 0 Å². The van der Waals surface area contributed by atoms with Gasteiger partial charge in [-0.2, -0.15) is 0 Å². The molecule has 1 heteroatoms. The molecule has 1 fully saturated rings. The molecule has 2 rings (SSSR count). The van der Waals surface area contributed by atoms with Crippen LogP contribution in [0, 0.1) is 6.57 Å². The Bertz CT molecular complexity index is 336. The van der Waals surface area contributed by atoms with Crippen LogP contribution in [0.4, 0.5) is 0 Å². The molecule has 2 atom stereocenters. The zero-order valence-electron chi connectivity index (χ0n) is 7.83. The highest BCUT2D eigenvalue weighted by atomic mass is 14.9. The number of hydrogen-bond acceptors (Lipinski definition) is 0. The fourth-order valence-electron chi connectivity index (χ4n) is 2.00. The molecular formula is C12H13N. The molecule has 1 nitrogen and oxygen atoms in total. The van der Waals surface area contributed by atoms with Crippen molar-refractivity contribution in [3.63, 3.8) is 0 Å². The van der Waals surface area contributed by atoms with Gasteiger partial charge in [-0.05, 0) is 5.56 Å². The highest BCUT2D eigenvalue weighted by molar-refractivity contribution is 5.36. The monoisotopic (exact) mass is 171 g/mol. The number of rotatable bonds is 2. The maximum Gasteiger partial charge on any atom is 0.240 e. The molecule has 66 valence electrons. The summed E-state index contributed by atoms with van der Waals surface area (Å²) in [5.41, 5.74) is 1.28. The van der Waals surface area contributed by atoms with Crippen molar-refractivity contribution in [3.8, 4) is 0 Å². The van der Waals surface area contributed by atoms with Crippen LogP contribution >= 0.6 is 0 Å². The lowest BCUT2D eigenvalue weighted by atomic mass is 10.1. The summed E-state index contributed by atoms with van der Waals surface area (Å²) in [6.07, 6.45) is 2.03. The molecule has 0 radical (unpaired) electrons. The van der Waals surface area contributed by atoms with Crippen LogP contribution in [0.3, 0.4) is 0 Å². The topological polar surface area (TPSA) is 4.36 Å². The Morgan fingerprint density at radius 2 is 2.15 bits per heavy atom. The van der Waals surface area contributed by atoms with E-state index in [4.69, 9.17) is 6.57 Å². The van der Waals surface area contributed by atoms with E-state index in [9.17, 15) is 0 Å². The minimum atomic E-state index is -0.0542. The van der Waals surface area contributed by atoms with Crippen molar-refractivity contribution in [1.29, 1.82) is 0 Å². The Hall–Kier alpha value is -1.29. The Kier molecular flexibility index (Phi) is 1.84. The molecular weight excluding hydrogens is 158 g/mol. The van der Waals surface area contributed by atoms with Gasteiger partial charge in [-0.25, -0.2) is 6.57 Å². The molecule has 0 N–H and O–H groups in total. The van der Waals surface area contributed by atoms with Gasteiger partial charge in [0.2, 0.25) is 5.54 Å². The largest absolute Gasteiger partial charge is 0.310 e. The van der Waals surface area contributed by atoms with Crippen molar-refractivity contribution < 1.29 is 0 Å². The molecule has 1 aromatic rings. The molecule has 0 bridgehead atoms. The van der Waals surface area contributed by atoms with Gasteiger partial charge in [-0.3, -0.25) is 0 Å². The van der Waals surface area contributed by atoms with Gasteiger partial charge in [0, 0.05) is 12.8 Å². The van der Waals surface area contributed by atoms with Crippen LogP contribution in [0.15, 0.2) is 30.3 Å². The Morgan fingerprint density at radius 3 is 2.62 bits per heavy atom. The predicted octanol–water partition coefficient (Wildman–Crippen LogP) is 3.24. The lowest BCUT2D eigenvalue weighted by Crippen LogP contribution is -2.02. The van der Waals surface area contributed by atoms with Crippen LogP contribution in [0.2, 0.25) is 0 Å². The molecule has 13 heavy (non-hydrogen) atoms. The molecule has 0 saturated heterocycles. The van der Waals surface area contributed by atoms with Gasteiger partial charge in [0.1, 0.15) is 0 Å². The summed E-state index contributed by atoms with van der Waals surface area (Å²) >= 11 is 0. The Labute approximate surface area is 79.2 Å². The van der Waals surface area contributed by atoms with Gasteiger partial charge in [-0.1, -0.05) is 37.3 Å². The standard InChI is InChI=1S/C12H13N/c1-3-12(13-2)9-11(12)10-7-5-4-6-8-10/h4-8,11H,3,9H2,1H3/t11-,12-/m0/s1.